The highest BCUT2D eigenvalue weighted by Crippen LogP contribution is 2.66. The minimum absolute atomic E-state index is 0.572. The fourth-order valence-corrected chi connectivity index (χ4v) is 5.31. The van der Waals surface area contributed by atoms with E-state index in [-0.39, 0.29) is 0 Å². The molecule has 0 saturated carbocycles. The van der Waals surface area contributed by atoms with Crippen LogP contribution in [0.3, 0.4) is 0 Å². The number of imidazole rings is 1. The van der Waals surface area contributed by atoms with Gasteiger partial charge in [0.2, 0.25) is 5.88 Å². The number of carbonyl (C=O) groups excluding carboxylic acids is 1. The summed E-state index contributed by atoms with van der Waals surface area (Å²) in [6, 6.07) is 0. The second kappa shape index (κ2) is 8.72. The molecule has 18 nitrogen and oxygen atoms in total. The van der Waals surface area contributed by atoms with Crippen molar-refractivity contribution in [1.29, 1.82) is 0 Å². The maximum atomic E-state index is 11.7. The predicted octanol–water partition coefficient (Wildman–Crippen LogP) is -2.35. The first-order chi connectivity index (χ1) is 13.5. The molecule has 1 aromatic rings. The normalized spacial score (nSPS) is 28.7. The summed E-state index contributed by atoms with van der Waals surface area (Å²) in [5.41, 5.74) is 4.41. The standard InChI is InChI=1S/C9H16N3O15P3/c10-7(15)4-8(16)12(2-11-4)9-6(14)5(13)3(25-9)1-24-29(20,21)27-30(22,23)26-28(17,18)19/h2-3,5-6,9,13-14,16H,1H2,(H2,10,15)(H,20,21)(H,22,23)(H2,17,18,19)/t3-,5-,6-,9-/m1/s1. The molecule has 9 N–H and O–H groups in total. The maximum Gasteiger partial charge on any atom is 0.490 e. The van der Waals surface area contributed by atoms with Crippen molar-refractivity contribution in [2.75, 3.05) is 6.61 Å². The minimum atomic E-state index is -5.74. The number of aromatic nitrogens is 2. The van der Waals surface area contributed by atoms with Gasteiger partial charge in [-0.15, -0.1) is 0 Å². The Balaban J connectivity index is 2.06. The number of rotatable bonds is 9. The van der Waals surface area contributed by atoms with E-state index in [4.69, 9.17) is 25.2 Å². The van der Waals surface area contributed by atoms with Gasteiger partial charge in [-0.05, 0) is 0 Å². The lowest BCUT2D eigenvalue weighted by Gasteiger charge is -2.19. The number of phosphoric acid groups is 3. The molecule has 0 aliphatic carbocycles. The van der Waals surface area contributed by atoms with Crippen molar-refractivity contribution in [2.45, 2.75) is 24.5 Å². The monoisotopic (exact) mass is 499 g/mol. The Kier molecular flexibility index (Phi) is 7.28. The van der Waals surface area contributed by atoms with E-state index in [9.17, 15) is 38.7 Å². The van der Waals surface area contributed by atoms with Crippen LogP contribution >= 0.6 is 23.5 Å². The number of nitrogens with zero attached hydrogens (tertiary/aromatic N) is 2. The summed E-state index contributed by atoms with van der Waals surface area (Å²) in [5, 5.41) is 29.9. The van der Waals surface area contributed by atoms with Crippen molar-refractivity contribution in [3.63, 3.8) is 0 Å². The summed E-state index contributed by atoms with van der Waals surface area (Å²) in [4.78, 5) is 49.9. The smallest absolute Gasteiger partial charge is 0.490 e. The summed E-state index contributed by atoms with van der Waals surface area (Å²) < 4.78 is 50.7. The summed E-state index contributed by atoms with van der Waals surface area (Å²) in [6.07, 6.45) is -5.88. The van der Waals surface area contributed by atoms with Crippen molar-refractivity contribution in [2.24, 2.45) is 5.73 Å². The van der Waals surface area contributed by atoms with Gasteiger partial charge in [0.15, 0.2) is 11.9 Å². The SMILES string of the molecule is NC(=O)c1ncn([C@@H]2O[C@H](COP(=O)(O)OP(=O)(O)OP(=O)(O)O)[C@@H](O)[C@H]2O)c1O. The molecular weight excluding hydrogens is 483 g/mol. The molecule has 2 unspecified atom stereocenters. The van der Waals surface area contributed by atoms with Gasteiger partial charge in [0, 0.05) is 0 Å². The third kappa shape index (κ3) is 6.15. The van der Waals surface area contributed by atoms with Crippen LogP contribution in [-0.2, 0) is 31.6 Å². The molecule has 21 heteroatoms. The van der Waals surface area contributed by atoms with E-state index in [0.717, 1.165) is 10.9 Å². The van der Waals surface area contributed by atoms with E-state index < -0.39 is 72.1 Å². The Labute approximate surface area is 165 Å². The Morgan fingerprint density at radius 2 is 1.73 bits per heavy atom. The number of carbonyl (C=O) groups is 1. The second-order valence-electron chi connectivity index (χ2n) is 5.62. The molecule has 0 bridgehead atoms. The molecule has 2 rings (SSSR count). The van der Waals surface area contributed by atoms with Crippen molar-refractivity contribution in [3.05, 3.63) is 12.0 Å². The molecule has 0 aromatic carbocycles. The van der Waals surface area contributed by atoms with Crippen LogP contribution in [0.2, 0.25) is 0 Å². The van der Waals surface area contributed by atoms with E-state index in [1.807, 2.05) is 0 Å². The fraction of sp³-hybridized carbons (Fsp3) is 0.556. The van der Waals surface area contributed by atoms with Crippen molar-refractivity contribution in [3.8, 4) is 5.88 Å². The Morgan fingerprint density at radius 3 is 2.23 bits per heavy atom. The first-order valence-electron chi connectivity index (χ1n) is 7.38. The number of aliphatic hydroxyl groups is 2. The quantitative estimate of drug-likeness (QED) is 0.165. The third-order valence-electron chi connectivity index (χ3n) is 3.43. The molecule has 2 heterocycles. The molecule has 1 saturated heterocycles. The average molecular weight is 499 g/mol. The molecule has 6 atom stereocenters. The van der Waals surface area contributed by atoms with Crippen LogP contribution in [0.25, 0.3) is 0 Å². The average Bonchev–Trinajstić information content (AvgIpc) is 3.03. The Bertz CT molecular complexity index is 943. The zero-order valence-electron chi connectivity index (χ0n) is 14.3. The van der Waals surface area contributed by atoms with Gasteiger partial charge < -0.3 is 45.4 Å². The molecule has 0 spiro atoms. The topological polar surface area (TPSA) is 291 Å². The lowest BCUT2D eigenvalue weighted by Crippen LogP contribution is -2.33. The number of phosphoric ester groups is 1. The van der Waals surface area contributed by atoms with Crippen LogP contribution in [0.15, 0.2) is 6.33 Å². The van der Waals surface area contributed by atoms with Gasteiger partial charge >= 0.3 is 23.5 Å². The van der Waals surface area contributed by atoms with Crippen molar-refractivity contribution < 1.29 is 71.3 Å². The first-order valence-corrected chi connectivity index (χ1v) is 11.9. The van der Waals surface area contributed by atoms with E-state index in [1.165, 1.54) is 0 Å². The van der Waals surface area contributed by atoms with Crippen molar-refractivity contribution >= 4 is 29.4 Å². The number of hydrogen-bond donors (Lipinski definition) is 8. The number of aromatic hydroxyl groups is 1. The van der Waals surface area contributed by atoms with Crippen molar-refractivity contribution in [1.82, 2.24) is 9.55 Å². The van der Waals surface area contributed by atoms with Crippen LogP contribution < -0.4 is 5.73 Å². The number of nitrogens with two attached hydrogens (primary N) is 1. The number of primary amides is 1. The number of amides is 1. The zero-order chi connectivity index (χ0) is 23.1. The first kappa shape index (κ1) is 25.0. The van der Waals surface area contributed by atoms with Gasteiger partial charge in [-0.3, -0.25) is 13.9 Å². The summed E-state index contributed by atoms with van der Waals surface area (Å²) >= 11 is 0. The second-order valence-corrected chi connectivity index (χ2v) is 10.0. The van der Waals surface area contributed by atoms with E-state index in [2.05, 4.69) is 18.1 Å². The molecule has 0 radical (unpaired) electrons. The van der Waals surface area contributed by atoms with E-state index >= 15 is 0 Å². The summed E-state index contributed by atoms with van der Waals surface area (Å²) in [6.45, 7) is -1.06. The van der Waals surface area contributed by atoms with Crippen LogP contribution in [0.5, 0.6) is 5.88 Å². The van der Waals surface area contributed by atoms with Gasteiger partial charge in [-0.25, -0.2) is 18.7 Å². The van der Waals surface area contributed by atoms with Crippen LogP contribution in [0.4, 0.5) is 0 Å². The Hall–Kier alpha value is -1.23. The molecular formula is C9H16N3O15P3. The minimum Gasteiger partial charge on any atom is -0.493 e. The van der Waals surface area contributed by atoms with Gasteiger partial charge in [0.1, 0.15) is 24.6 Å². The number of hydrogen-bond acceptors (Lipinski definition) is 12. The number of ether oxygens (including phenoxy) is 1. The van der Waals surface area contributed by atoms with Gasteiger partial charge in [0.05, 0.1) is 6.61 Å². The van der Waals surface area contributed by atoms with Gasteiger partial charge in [0.25, 0.3) is 5.91 Å². The third-order valence-corrected chi connectivity index (χ3v) is 7.23. The largest absolute Gasteiger partial charge is 0.493 e. The number of aliphatic hydroxyl groups excluding tert-OH is 2. The fourth-order valence-electron chi connectivity index (χ4n) is 2.28. The summed E-state index contributed by atoms with van der Waals surface area (Å²) in [7, 11) is -16.8. The van der Waals surface area contributed by atoms with Crippen LogP contribution in [-0.4, -0.2) is 75.3 Å². The highest BCUT2D eigenvalue weighted by molar-refractivity contribution is 7.66. The molecule has 1 fully saturated rings. The van der Waals surface area contributed by atoms with Gasteiger partial charge in [-0.2, -0.15) is 8.62 Å². The molecule has 1 amide bonds. The highest BCUT2D eigenvalue weighted by Gasteiger charge is 2.47. The maximum absolute atomic E-state index is 11.7. The summed E-state index contributed by atoms with van der Waals surface area (Å²) in [5.74, 6) is -1.92. The van der Waals surface area contributed by atoms with Gasteiger partial charge in [-0.1, -0.05) is 0 Å². The van der Waals surface area contributed by atoms with E-state index in [0.29, 0.717) is 0 Å². The van der Waals surface area contributed by atoms with Crippen LogP contribution in [0, 0.1) is 0 Å². The highest BCUT2D eigenvalue weighted by atomic mass is 31.3. The molecule has 1 aromatic heterocycles. The van der Waals surface area contributed by atoms with E-state index in [1.54, 1.807) is 0 Å². The molecule has 172 valence electrons. The lowest BCUT2D eigenvalue weighted by molar-refractivity contribution is -0.0545. The lowest BCUT2D eigenvalue weighted by atomic mass is 10.1. The zero-order valence-corrected chi connectivity index (χ0v) is 17.0. The van der Waals surface area contributed by atoms with Crippen LogP contribution in [0.1, 0.15) is 16.7 Å². The Morgan fingerprint density at radius 1 is 1.13 bits per heavy atom. The molecule has 1 aliphatic rings. The predicted molar refractivity (Wildman–Crippen MR) is 88.2 cm³/mol. The molecule has 30 heavy (non-hydrogen) atoms. The molecule has 1 aliphatic heterocycles.